The molecule has 172 valence electrons. The molecule has 4 aliphatic rings. The van der Waals surface area contributed by atoms with Crippen LogP contribution in [0.5, 0.6) is 0 Å². The zero-order chi connectivity index (χ0) is 21.7. The first-order valence-electron chi connectivity index (χ1n) is 13.6. The molecule has 0 bridgehead atoms. The minimum atomic E-state index is -0.0187. The second-order valence-corrected chi connectivity index (χ2v) is 12.9. The summed E-state index contributed by atoms with van der Waals surface area (Å²) in [6.07, 6.45) is 18.5. The average molecular weight is 415 g/mol. The van der Waals surface area contributed by atoms with E-state index in [1.54, 1.807) is 0 Å². The van der Waals surface area contributed by atoms with E-state index in [4.69, 9.17) is 0 Å². The highest BCUT2D eigenvalue weighted by atomic mass is 16.3. The van der Waals surface area contributed by atoms with Crippen LogP contribution in [0.2, 0.25) is 0 Å². The van der Waals surface area contributed by atoms with Crippen molar-refractivity contribution in [2.24, 2.45) is 58.2 Å². The van der Waals surface area contributed by atoms with Crippen molar-refractivity contribution in [3.63, 3.8) is 0 Å². The van der Waals surface area contributed by atoms with Crippen molar-refractivity contribution in [2.75, 3.05) is 0 Å². The van der Waals surface area contributed by atoms with E-state index in [1.807, 2.05) is 0 Å². The lowest BCUT2D eigenvalue weighted by molar-refractivity contribution is -0.128. The highest BCUT2D eigenvalue weighted by molar-refractivity contribution is 5.11. The van der Waals surface area contributed by atoms with E-state index in [-0.39, 0.29) is 6.10 Å². The zero-order valence-electron chi connectivity index (χ0n) is 20.9. The van der Waals surface area contributed by atoms with Crippen LogP contribution in [0, 0.1) is 58.2 Å². The van der Waals surface area contributed by atoms with Gasteiger partial charge in [0.25, 0.3) is 0 Å². The van der Waals surface area contributed by atoms with E-state index in [0.717, 1.165) is 60.2 Å². The summed E-state index contributed by atoms with van der Waals surface area (Å²) in [5, 5.41) is 10.3. The molecule has 6 unspecified atom stereocenters. The first-order chi connectivity index (χ1) is 14.2. The Morgan fingerprint density at radius 3 is 2.27 bits per heavy atom. The number of rotatable bonds is 5. The summed E-state index contributed by atoms with van der Waals surface area (Å²) in [7, 11) is 0. The first kappa shape index (κ1) is 22.9. The summed E-state index contributed by atoms with van der Waals surface area (Å²) in [5.41, 5.74) is 1.07. The third kappa shape index (κ3) is 3.74. The molecule has 1 heteroatoms. The summed E-state index contributed by atoms with van der Waals surface area (Å²) in [6.45, 7) is 14.9. The lowest BCUT2D eigenvalue weighted by Crippen LogP contribution is -2.54. The second kappa shape index (κ2) is 8.57. The maximum absolute atomic E-state index is 10.3. The van der Waals surface area contributed by atoms with Gasteiger partial charge in [-0.05, 0) is 122 Å². The number of allylic oxidation sites excluding steroid dienone is 2. The fraction of sp³-hybridized carbons (Fsp3) is 0.931. The maximum atomic E-state index is 10.3. The molecule has 1 nitrogen and oxygen atoms in total. The van der Waals surface area contributed by atoms with Gasteiger partial charge in [-0.1, -0.05) is 53.7 Å². The smallest absolute Gasteiger partial charge is 0.0543 e. The van der Waals surface area contributed by atoms with Gasteiger partial charge in [-0.25, -0.2) is 0 Å². The van der Waals surface area contributed by atoms with E-state index in [0.29, 0.717) is 10.8 Å². The average Bonchev–Trinajstić information content (AvgIpc) is 3.06. The molecule has 0 spiro atoms. The number of hydrogen-bond donors (Lipinski definition) is 1. The van der Waals surface area contributed by atoms with Gasteiger partial charge in [0.05, 0.1) is 6.10 Å². The highest BCUT2D eigenvalue weighted by Crippen LogP contribution is 2.68. The molecule has 4 fully saturated rings. The lowest BCUT2D eigenvalue weighted by atomic mass is 9.44. The van der Waals surface area contributed by atoms with Gasteiger partial charge in [-0.3, -0.25) is 0 Å². The quantitative estimate of drug-likeness (QED) is 0.454. The van der Waals surface area contributed by atoms with Crippen LogP contribution in [0.15, 0.2) is 12.2 Å². The van der Waals surface area contributed by atoms with Crippen molar-refractivity contribution in [1.29, 1.82) is 0 Å². The monoisotopic (exact) mass is 414 g/mol. The predicted octanol–water partition coefficient (Wildman–Crippen LogP) is 7.88. The van der Waals surface area contributed by atoms with Crippen LogP contribution in [0.1, 0.15) is 106 Å². The Hall–Kier alpha value is -0.300. The molecule has 10 atom stereocenters. The molecular weight excluding hydrogens is 364 g/mol. The largest absolute Gasteiger partial charge is 0.393 e. The van der Waals surface area contributed by atoms with Gasteiger partial charge in [0, 0.05) is 0 Å². The van der Waals surface area contributed by atoms with Gasteiger partial charge in [0.2, 0.25) is 0 Å². The molecule has 0 aromatic rings. The third-order valence-corrected chi connectivity index (χ3v) is 11.3. The Labute approximate surface area is 187 Å². The van der Waals surface area contributed by atoms with E-state index in [1.165, 1.54) is 51.4 Å². The van der Waals surface area contributed by atoms with Crippen LogP contribution in [-0.4, -0.2) is 11.2 Å². The maximum Gasteiger partial charge on any atom is 0.0543 e. The van der Waals surface area contributed by atoms with Crippen molar-refractivity contribution in [3.05, 3.63) is 12.2 Å². The molecule has 4 aliphatic carbocycles. The first-order valence-corrected chi connectivity index (χ1v) is 13.6. The third-order valence-electron chi connectivity index (χ3n) is 11.3. The van der Waals surface area contributed by atoms with Crippen LogP contribution >= 0.6 is 0 Å². The Kier molecular flexibility index (Phi) is 6.53. The summed E-state index contributed by atoms with van der Waals surface area (Å²) < 4.78 is 0. The topological polar surface area (TPSA) is 20.2 Å². The zero-order valence-corrected chi connectivity index (χ0v) is 20.9. The van der Waals surface area contributed by atoms with Crippen LogP contribution < -0.4 is 0 Å². The Morgan fingerprint density at radius 2 is 1.57 bits per heavy atom. The van der Waals surface area contributed by atoms with Crippen LogP contribution in [-0.2, 0) is 0 Å². The van der Waals surface area contributed by atoms with Gasteiger partial charge < -0.3 is 5.11 Å². The van der Waals surface area contributed by atoms with E-state index < -0.39 is 0 Å². The van der Waals surface area contributed by atoms with Crippen LogP contribution in [0.25, 0.3) is 0 Å². The van der Waals surface area contributed by atoms with E-state index in [9.17, 15) is 5.11 Å². The Morgan fingerprint density at radius 1 is 0.867 bits per heavy atom. The molecule has 0 aliphatic heterocycles. The summed E-state index contributed by atoms with van der Waals surface area (Å²) >= 11 is 0. The van der Waals surface area contributed by atoms with Crippen molar-refractivity contribution in [1.82, 2.24) is 0 Å². The molecule has 0 amide bonds. The molecule has 1 N–H and O–H groups in total. The van der Waals surface area contributed by atoms with Gasteiger partial charge in [0.15, 0.2) is 0 Å². The molecule has 4 rings (SSSR count). The van der Waals surface area contributed by atoms with Crippen molar-refractivity contribution in [2.45, 2.75) is 112 Å². The minimum Gasteiger partial charge on any atom is -0.393 e. The molecule has 4 saturated carbocycles. The van der Waals surface area contributed by atoms with Crippen molar-refractivity contribution < 1.29 is 5.11 Å². The van der Waals surface area contributed by atoms with Gasteiger partial charge in [-0.15, -0.1) is 0 Å². The number of aliphatic hydroxyl groups is 1. The molecule has 0 saturated heterocycles. The summed E-state index contributed by atoms with van der Waals surface area (Å²) in [4.78, 5) is 0. The van der Waals surface area contributed by atoms with Crippen molar-refractivity contribution >= 4 is 0 Å². The molecule has 0 radical (unpaired) electrons. The van der Waals surface area contributed by atoms with Crippen molar-refractivity contribution in [3.8, 4) is 0 Å². The number of fused-ring (bicyclic) bond motifs is 5. The van der Waals surface area contributed by atoms with Crippen LogP contribution in [0.4, 0.5) is 0 Å². The van der Waals surface area contributed by atoms with Gasteiger partial charge in [-0.2, -0.15) is 0 Å². The molecular formula is C29H50O. The highest BCUT2D eigenvalue weighted by Gasteiger charge is 2.60. The molecule has 0 heterocycles. The normalized spacial score (nSPS) is 48.3. The molecule has 0 aromatic carbocycles. The number of hydrogen-bond acceptors (Lipinski definition) is 1. The molecule has 0 aromatic heterocycles. The Bertz CT molecular complexity index is 622. The lowest BCUT2D eigenvalue weighted by Gasteiger charge is -2.61. The summed E-state index contributed by atoms with van der Waals surface area (Å²) in [5.74, 6) is 6.72. The minimum absolute atomic E-state index is 0.0187. The predicted molar refractivity (Wildman–Crippen MR) is 128 cm³/mol. The Balaban J connectivity index is 1.49. The van der Waals surface area contributed by atoms with Crippen LogP contribution in [0.3, 0.4) is 0 Å². The standard InChI is InChI=1S/C29H50O/c1-7-21(19(2)3)9-8-20(4)25-12-13-26-24-11-10-22-18-23(30)14-16-28(22,5)27(24)15-17-29(25,26)6/h8-9,19-27,30H,7,10-18H2,1-6H3/t20-,21?,22?,23?,24?,25-,26?,27?,28+,29-/m1/s1. The van der Waals surface area contributed by atoms with Gasteiger partial charge in [0.1, 0.15) is 0 Å². The summed E-state index contributed by atoms with van der Waals surface area (Å²) in [6, 6.07) is 0. The fourth-order valence-corrected chi connectivity index (χ4v) is 9.42. The van der Waals surface area contributed by atoms with Gasteiger partial charge >= 0.3 is 0 Å². The number of aliphatic hydroxyl groups excluding tert-OH is 1. The molecule has 30 heavy (non-hydrogen) atoms. The van der Waals surface area contributed by atoms with E-state index in [2.05, 4.69) is 53.7 Å². The second-order valence-electron chi connectivity index (χ2n) is 12.9. The SMILES string of the molecule is CCC(C=C[C@@H](C)[C@H]1CCC2C3CCC4CC(O)CC[C@]4(C)C3CC[C@@]21C)C(C)C. The van der Waals surface area contributed by atoms with E-state index >= 15 is 0 Å². The fourth-order valence-electron chi connectivity index (χ4n) is 9.42.